The smallest absolute Gasteiger partial charge is 0.303 e. The quantitative estimate of drug-likeness (QED) is 0.0827. The van der Waals surface area contributed by atoms with E-state index in [1.165, 1.54) is 0 Å². The van der Waals surface area contributed by atoms with Gasteiger partial charge in [0, 0.05) is 48.2 Å². The average molecular weight is 655 g/mol. The molecule has 14 heteroatoms. The van der Waals surface area contributed by atoms with Crippen LogP contribution in [0.25, 0.3) is 54.7 Å². The number of pyridine rings is 2. The van der Waals surface area contributed by atoms with Crippen molar-refractivity contribution in [1.29, 1.82) is 0 Å². The van der Waals surface area contributed by atoms with E-state index in [0.717, 1.165) is 54.7 Å². The maximum Gasteiger partial charge on any atom is 0.303 e. The maximum atomic E-state index is 11.3. The van der Waals surface area contributed by atoms with E-state index in [1.807, 2.05) is 24.3 Å². The molecule has 0 bridgehead atoms. The Hall–Kier alpha value is -6.44. The first-order valence-corrected chi connectivity index (χ1v) is 14.7. The van der Waals surface area contributed by atoms with E-state index in [2.05, 4.69) is 81.9 Å². The molecular weight excluding hydrogens is 624 g/mol. The van der Waals surface area contributed by atoms with Gasteiger partial charge in [0.25, 0.3) is 0 Å². The molecule has 0 fully saturated rings. The molecule has 14 nitrogen and oxygen atoms in total. The zero-order valence-electron chi connectivity index (χ0n) is 25.4. The molecule has 0 aliphatic heterocycles. The molecule has 6 aromatic rings. The molecule has 0 aliphatic rings. The summed E-state index contributed by atoms with van der Waals surface area (Å²) in [5.74, 6) is -1.57. The van der Waals surface area contributed by atoms with Gasteiger partial charge in [-0.25, -0.2) is 0 Å². The number of aromatic nitrogens is 2. The zero-order valence-corrected chi connectivity index (χ0v) is 25.4. The lowest BCUT2D eigenvalue weighted by Gasteiger charge is -2.16. The van der Waals surface area contributed by atoms with Crippen LogP contribution >= 0.6 is 0 Å². The van der Waals surface area contributed by atoms with E-state index in [1.54, 1.807) is 0 Å². The second kappa shape index (κ2) is 15.7. The van der Waals surface area contributed by atoms with Crippen LogP contribution in [0.1, 0.15) is 25.7 Å². The van der Waals surface area contributed by atoms with Crippen LogP contribution in [-0.2, 0) is 22.7 Å². The second-order valence-electron chi connectivity index (χ2n) is 10.6. The molecule has 0 radical (unpaired) electrons. The number of carbonyl (C=O) groups is 2. The van der Waals surface area contributed by atoms with E-state index in [9.17, 15) is 19.8 Å². The normalized spacial score (nSPS) is 10.6. The molecule has 4 aromatic carbocycles. The second-order valence-corrected chi connectivity index (χ2v) is 10.6. The van der Waals surface area contributed by atoms with Gasteiger partial charge in [0.05, 0.1) is 44.6 Å². The number of fused-ring (bicyclic) bond motifs is 4. The highest BCUT2D eigenvalue weighted by Crippen LogP contribution is 2.41. The van der Waals surface area contributed by atoms with Gasteiger partial charge in [0.15, 0.2) is 0 Å². The maximum absolute atomic E-state index is 11.3. The fourth-order valence-electron chi connectivity index (χ4n) is 6.03. The summed E-state index contributed by atoms with van der Waals surface area (Å²) in [6, 6.07) is 33.5. The SMILES string of the molecule is O=C(O)CCC[n+]1c2ccccc2c(-c2c3ccccc3[n+](CCCC(=O)O)c3ccccc23)c2ccccc21.O=[N+]([O-])[O-].O=[N+]([O-])[O-]. The Morgan fingerprint density at radius 1 is 0.500 bits per heavy atom. The molecular formula is C34H30N4O10. The van der Waals surface area contributed by atoms with Crippen LogP contribution in [0.15, 0.2) is 97.1 Å². The van der Waals surface area contributed by atoms with Gasteiger partial charge < -0.3 is 40.9 Å². The molecule has 2 heterocycles. The number of carboxylic acid groups (broad SMARTS) is 2. The number of nitrogens with zero attached hydrogens (tertiary/aromatic N) is 4. The van der Waals surface area contributed by atoms with E-state index in [0.29, 0.717) is 25.9 Å². The van der Waals surface area contributed by atoms with Crippen LogP contribution < -0.4 is 9.13 Å². The van der Waals surface area contributed by atoms with Crippen molar-refractivity contribution < 1.29 is 39.1 Å². The first-order valence-electron chi connectivity index (χ1n) is 14.7. The monoisotopic (exact) mass is 654 g/mol. The number of hydrogen-bond acceptors (Lipinski definition) is 8. The van der Waals surface area contributed by atoms with Crippen molar-refractivity contribution in [3.05, 3.63) is 128 Å². The Bertz CT molecular complexity index is 1880. The third kappa shape index (κ3) is 8.04. The highest BCUT2D eigenvalue weighted by molar-refractivity contribution is 6.18. The van der Waals surface area contributed by atoms with E-state index in [4.69, 9.17) is 30.6 Å². The first-order chi connectivity index (χ1) is 23.0. The summed E-state index contributed by atoms with van der Waals surface area (Å²) in [5, 5.41) is 52.5. The fraction of sp³-hybridized carbons (Fsp3) is 0.176. The van der Waals surface area contributed by atoms with Crippen LogP contribution in [0.3, 0.4) is 0 Å². The number of benzene rings is 4. The lowest BCUT2D eigenvalue weighted by Crippen LogP contribution is -2.37. The molecule has 0 amide bonds. The molecule has 0 atom stereocenters. The van der Waals surface area contributed by atoms with Crippen molar-refractivity contribution >= 4 is 55.6 Å². The minimum atomic E-state index is -1.75. The number of aliphatic carboxylic acids is 2. The van der Waals surface area contributed by atoms with Crippen molar-refractivity contribution in [2.24, 2.45) is 0 Å². The third-order valence-corrected chi connectivity index (χ3v) is 7.65. The van der Waals surface area contributed by atoms with Gasteiger partial charge in [0.2, 0.25) is 22.1 Å². The van der Waals surface area contributed by atoms with E-state index in [-0.39, 0.29) is 12.8 Å². The summed E-state index contributed by atoms with van der Waals surface area (Å²) in [6.07, 6.45) is 1.32. The van der Waals surface area contributed by atoms with Crippen LogP contribution in [-0.4, -0.2) is 32.3 Å². The van der Waals surface area contributed by atoms with E-state index >= 15 is 0 Å². The number of aryl methyl sites for hydroxylation is 2. The molecule has 0 saturated heterocycles. The Kier molecular flexibility index (Phi) is 11.3. The lowest BCUT2D eigenvalue weighted by atomic mass is 9.90. The van der Waals surface area contributed by atoms with Gasteiger partial charge in [-0.3, -0.25) is 9.59 Å². The summed E-state index contributed by atoms with van der Waals surface area (Å²) < 4.78 is 4.49. The Morgan fingerprint density at radius 2 is 0.729 bits per heavy atom. The summed E-state index contributed by atoms with van der Waals surface area (Å²) >= 11 is 0. The van der Waals surface area contributed by atoms with Crippen molar-refractivity contribution in [2.45, 2.75) is 38.8 Å². The predicted octanol–water partition coefficient (Wildman–Crippen LogP) is 5.79. The lowest BCUT2D eigenvalue weighted by molar-refractivity contribution is -0.645. The molecule has 48 heavy (non-hydrogen) atoms. The average Bonchev–Trinajstić information content (AvgIpc) is 3.04. The first kappa shape index (κ1) is 34.4. The van der Waals surface area contributed by atoms with Crippen LogP contribution in [0, 0.1) is 30.6 Å². The number of hydrogen-bond donors (Lipinski definition) is 2. The zero-order chi connectivity index (χ0) is 34.8. The van der Waals surface area contributed by atoms with Crippen molar-refractivity contribution in [1.82, 2.24) is 0 Å². The fourth-order valence-corrected chi connectivity index (χ4v) is 6.03. The van der Waals surface area contributed by atoms with Gasteiger partial charge in [-0.1, -0.05) is 48.5 Å². The molecule has 246 valence electrons. The third-order valence-electron chi connectivity index (χ3n) is 7.65. The number of para-hydroxylation sites is 4. The molecule has 0 aliphatic carbocycles. The molecule has 0 saturated carbocycles. The topological polar surface area (TPSA) is 215 Å². The Morgan fingerprint density at radius 3 is 0.958 bits per heavy atom. The van der Waals surface area contributed by atoms with Gasteiger partial charge in [-0.05, 0) is 24.3 Å². The van der Waals surface area contributed by atoms with Crippen LogP contribution in [0.4, 0.5) is 0 Å². The minimum Gasteiger partial charge on any atom is -0.481 e. The van der Waals surface area contributed by atoms with Crippen LogP contribution in [0.2, 0.25) is 0 Å². The minimum absolute atomic E-state index is 0.118. The summed E-state index contributed by atoms with van der Waals surface area (Å²) in [7, 11) is 0. The summed E-state index contributed by atoms with van der Waals surface area (Å²) in [4.78, 5) is 39.1. The molecule has 2 N–H and O–H groups in total. The highest BCUT2D eigenvalue weighted by Gasteiger charge is 2.27. The van der Waals surface area contributed by atoms with Gasteiger partial charge >= 0.3 is 11.9 Å². The molecule has 0 spiro atoms. The summed E-state index contributed by atoms with van der Waals surface area (Å²) in [5.41, 5.74) is 6.54. The Balaban J connectivity index is 0.000000588. The van der Waals surface area contributed by atoms with Crippen molar-refractivity contribution in [3.63, 3.8) is 0 Å². The van der Waals surface area contributed by atoms with Crippen LogP contribution in [0.5, 0.6) is 0 Å². The number of rotatable bonds is 9. The van der Waals surface area contributed by atoms with Gasteiger partial charge in [-0.2, -0.15) is 9.13 Å². The number of carboxylic acids is 2. The molecule has 6 rings (SSSR count). The van der Waals surface area contributed by atoms with Crippen molar-refractivity contribution in [3.8, 4) is 11.1 Å². The van der Waals surface area contributed by atoms with Gasteiger partial charge in [0.1, 0.15) is 13.1 Å². The molecule has 2 aromatic heterocycles. The predicted molar refractivity (Wildman–Crippen MR) is 177 cm³/mol. The Labute approximate surface area is 272 Å². The highest BCUT2D eigenvalue weighted by atomic mass is 16.9. The van der Waals surface area contributed by atoms with Gasteiger partial charge in [-0.15, -0.1) is 0 Å². The summed E-state index contributed by atoms with van der Waals surface area (Å²) in [6.45, 7) is 1.21. The largest absolute Gasteiger partial charge is 0.481 e. The molecule has 0 unspecified atom stereocenters. The standard InChI is InChI=1S/C34H28N2O4.2NO3/c37-31(38)19-9-21-35-27-15-5-1-11-23(27)33(24-12-2-6-16-28(24)35)34-25-13-3-7-17-29(25)36(22-10-20-32(39)40)30-18-8-4-14-26(30)34;2*2-1(3)4/h1-8,11-18H,9-10,19-22H2;;/q;2*-1/p+2. The van der Waals surface area contributed by atoms with E-state index < -0.39 is 22.1 Å². The van der Waals surface area contributed by atoms with Crippen molar-refractivity contribution in [2.75, 3.05) is 0 Å².